The number of pyridine rings is 1. The van der Waals surface area contributed by atoms with E-state index in [1.54, 1.807) is 6.07 Å². The van der Waals surface area contributed by atoms with Gasteiger partial charge in [-0.25, -0.2) is 9.78 Å². The average Bonchev–Trinajstić information content (AvgIpc) is 3.31. The first kappa shape index (κ1) is 27.5. The van der Waals surface area contributed by atoms with E-state index in [0.717, 1.165) is 35.6 Å². The molecule has 2 aliphatic heterocycles. The summed E-state index contributed by atoms with van der Waals surface area (Å²) >= 11 is 0. The highest BCUT2D eigenvalue weighted by atomic mass is 19.4. The fraction of sp³-hybridized carbons (Fsp3) is 0.571. The Kier molecular flexibility index (Phi) is 7.65. The number of aliphatic hydroxyl groups is 1. The van der Waals surface area contributed by atoms with Crippen LogP contribution in [0.2, 0.25) is 0 Å². The summed E-state index contributed by atoms with van der Waals surface area (Å²) in [6, 6.07) is 9.25. The lowest BCUT2D eigenvalue weighted by molar-refractivity contribution is -0.143. The van der Waals surface area contributed by atoms with Crippen LogP contribution in [0.1, 0.15) is 38.2 Å². The Morgan fingerprint density at radius 1 is 1.18 bits per heavy atom. The first-order chi connectivity index (χ1) is 18.5. The third-order valence-corrected chi connectivity index (χ3v) is 7.84. The molecule has 212 valence electrons. The van der Waals surface area contributed by atoms with Gasteiger partial charge >= 0.3 is 12.2 Å². The summed E-state index contributed by atoms with van der Waals surface area (Å²) in [5.74, 6) is 0.970. The first-order valence-corrected chi connectivity index (χ1v) is 13.5. The van der Waals surface area contributed by atoms with E-state index >= 15 is 0 Å². The number of carbonyl (C=O) groups is 1. The molecule has 1 aromatic carbocycles. The van der Waals surface area contributed by atoms with E-state index in [4.69, 9.17) is 9.72 Å². The molecule has 0 unspecified atom stereocenters. The molecule has 39 heavy (non-hydrogen) atoms. The first-order valence-electron chi connectivity index (χ1n) is 13.5. The van der Waals surface area contributed by atoms with Crippen molar-refractivity contribution in [1.82, 2.24) is 9.88 Å². The van der Waals surface area contributed by atoms with Crippen LogP contribution in [0.5, 0.6) is 0 Å². The van der Waals surface area contributed by atoms with E-state index in [1.165, 1.54) is 4.90 Å². The predicted octanol–water partition coefficient (Wildman–Crippen LogP) is 5.03. The van der Waals surface area contributed by atoms with E-state index in [1.807, 2.05) is 31.2 Å². The number of rotatable bonds is 6. The minimum absolute atomic E-state index is 0.0970. The minimum atomic E-state index is -4.23. The molecule has 11 heteroatoms. The van der Waals surface area contributed by atoms with E-state index < -0.39 is 24.5 Å². The molecular formula is C28H36F3N5O3. The van der Waals surface area contributed by atoms with Crippen molar-refractivity contribution in [3.63, 3.8) is 0 Å². The number of alkyl halides is 3. The van der Waals surface area contributed by atoms with Gasteiger partial charge in [-0.15, -0.1) is 0 Å². The molecular weight excluding hydrogens is 511 g/mol. The molecule has 1 aliphatic carbocycles. The Labute approximate surface area is 226 Å². The number of likely N-dealkylation sites (tertiary alicyclic amines) is 1. The van der Waals surface area contributed by atoms with Gasteiger partial charge in [0.15, 0.2) is 0 Å². The van der Waals surface area contributed by atoms with Gasteiger partial charge in [-0.3, -0.25) is 0 Å². The lowest BCUT2D eigenvalue weighted by Crippen LogP contribution is -2.50. The van der Waals surface area contributed by atoms with Crippen molar-refractivity contribution >= 4 is 23.4 Å². The molecule has 3 fully saturated rings. The van der Waals surface area contributed by atoms with Crippen molar-refractivity contribution < 1.29 is 27.8 Å². The van der Waals surface area contributed by atoms with E-state index in [2.05, 4.69) is 22.5 Å². The highest BCUT2D eigenvalue weighted by Crippen LogP contribution is 2.37. The Balaban J connectivity index is 1.37. The normalized spacial score (nSPS) is 25.4. The molecule has 0 radical (unpaired) electrons. The number of ether oxygens (including phenoxy) is 1. The van der Waals surface area contributed by atoms with Gasteiger partial charge in [0, 0.05) is 43.8 Å². The zero-order valence-corrected chi connectivity index (χ0v) is 22.4. The van der Waals surface area contributed by atoms with Crippen LogP contribution in [-0.2, 0) is 4.74 Å². The van der Waals surface area contributed by atoms with Crippen LogP contribution in [-0.4, -0.2) is 78.2 Å². The number of benzene rings is 1. The third-order valence-electron chi connectivity index (χ3n) is 7.84. The quantitative estimate of drug-likeness (QED) is 0.471. The standard InChI is InChI=1S/C28H36F3N5O3/c1-18-3-4-21(32-26(38)36-6-5-19(17-36)14-28(29,30)31)13-23(18)20-11-24(34-27(2)15-22(37)16-27)33-25(12-20)35-7-9-39-10-8-35/h3-4,11-13,19,22,37H,5-10,14-17H2,1-2H3,(H,32,38)(H,33,34)/t19-,22-,27+/m0/s1. The van der Waals surface area contributed by atoms with Crippen LogP contribution in [0.25, 0.3) is 11.1 Å². The van der Waals surface area contributed by atoms with Crippen molar-refractivity contribution in [2.24, 2.45) is 5.92 Å². The summed E-state index contributed by atoms with van der Waals surface area (Å²) in [6.07, 6.45) is -3.77. The number of halogens is 3. The van der Waals surface area contributed by atoms with Crippen LogP contribution in [0.3, 0.4) is 0 Å². The van der Waals surface area contributed by atoms with Gasteiger partial charge in [-0.05, 0) is 80.0 Å². The van der Waals surface area contributed by atoms with Crippen LogP contribution in [0.15, 0.2) is 30.3 Å². The number of nitrogens with zero attached hydrogens (tertiary/aromatic N) is 3. The second kappa shape index (κ2) is 10.8. The number of amides is 2. The average molecular weight is 548 g/mol. The largest absolute Gasteiger partial charge is 0.393 e. The lowest BCUT2D eigenvalue weighted by Gasteiger charge is -2.43. The molecule has 1 atom stereocenters. The maximum absolute atomic E-state index is 12.9. The van der Waals surface area contributed by atoms with Gasteiger partial charge in [0.25, 0.3) is 0 Å². The van der Waals surface area contributed by atoms with Crippen LogP contribution < -0.4 is 15.5 Å². The highest BCUT2D eigenvalue weighted by molar-refractivity contribution is 5.91. The molecule has 3 aliphatic rings. The van der Waals surface area contributed by atoms with Gasteiger partial charge < -0.3 is 30.3 Å². The summed E-state index contributed by atoms with van der Waals surface area (Å²) in [5, 5.41) is 16.3. The molecule has 0 spiro atoms. The number of hydrogen-bond acceptors (Lipinski definition) is 6. The van der Waals surface area contributed by atoms with Crippen molar-refractivity contribution in [2.75, 3.05) is 54.9 Å². The second-order valence-corrected chi connectivity index (χ2v) is 11.3. The van der Waals surface area contributed by atoms with Crippen molar-refractivity contribution in [1.29, 1.82) is 0 Å². The SMILES string of the molecule is Cc1ccc(NC(=O)N2CC[C@@H](CC(F)(F)F)C2)cc1-c1cc(N[C@]2(C)C[C@H](O)C2)nc(N2CCOCC2)c1. The number of urea groups is 1. The van der Waals surface area contributed by atoms with Gasteiger partial charge in [-0.1, -0.05) is 6.07 Å². The number of nitrogens with one attached hydrogen (secondary N) is 2. The number of aryl methyl sites for hydroxylation is 1. The summed E-state index contributed by atoms with van der Waals surface area (Å²) < 4.78 is 43.9. The maximum atomic E-state index is 12.9. The Morgan fingerprint density at radius 3 is 2.62 bits per heavy atom. The Morgan fingerprint density at radius 2 is 1.92 bits per heavy atom. The number of aromatic nitrogens is 1. The topological polar surface area (TPSA) is 90.0 Å². The summed E-state index contributed by atoms with van der Waals surface area (Å²) in [5.41, 5.74) is 3.20. The van der Waals surface area contributed by atoms with E-state index in [-0.39, 0.29) is 18.2 Å². The molecule has 5 rings (SSSR count). The summed E-state index contributed by atoms with van der Waals surface area (Å²) in [4.78, 5) is 21.4. The summed E-state index contributed by atoms with van der Waals surface area (Å²) in [7, 11) is 0. The number of hydrogen-bond donors (Lipinski definition) is 3. The predicted molar refractivity (Wildman–Crippen MR) is 144 cm³/mol. The minimum Gasteiger partial charge on any atom is -0.393 e. The molecule has 1 saturated carbocycles. The fourth-order valence-electron chi connectivity index (χ4n) is 5.81. The van der Waals surface area contributed by atoms with Gasteiger partial charge in [0.1, 0.15) is 11.6 Å². The molecule has 2 saturated heterocycles. The van der Waals surface area contributed by atoms with E-state index in [9.17, 15) is 23.1 Å². The monoisotopic (exact) mass is 547 g/mol. The molecule has 3 N–H and O–H groups in total. The van der Waals surface area contributed by atoms with Crippen LogP contribution in [0, 0.1) is 12.8 Å². The molecule has 0 bridgehead atoms. The lowest BCUT2D eigenvalue weighted by atomic mass is 9.76. The third kappa shape index (κ3) is 6.75. The second-order valence-electron chi connectivity index (χ2n) is 11.3. The van der Waals surface area contributed by atoms with Gasteiger partial charge in [0.05, 0.1) is 19.3 Å². The highest BCUT2D eigenvalue weighted by Gasteiger charge is 2.40. The molecule has 3 heterocycles. The van der Waals surface area contributed by atoms with Crippen molar-refractivity contribution in [3.8, 4) is 11.1 Å². The Hall–Kier alpha value is -3.05. The maximum Gasteiger partial charge on any atom is 0.389 e. The molecule has 8 nitrogen and oxygen atoms in total. The van der Waals surface area contributed by atoms with Crippen LogP contribution in [0.4, 0.5) is 35.3 Å². The van der Waals surface area contributed by atoms with Crippen molar-refractivity contribution in [3.05, 3.63) is 35.9 Å². The molecule has 1 aromatic heterocycles. The molecule has 2 aromatic rings. The number of carbonyl (C=O) groups excluding carboxylic acids is 1. The number of aliphatic hydroxyl groups excluding tert-OH is 1. The smallest absolute Gasteiger partial charge is 0.389 e. The van der Waals surface area contributed by atoms with E-state index in [0.29, 0.717) is 50.5 Å². The van der Waals surface area contributed by atoms with Gasteiger partial charge in [0.2, 0.25) is 0 Å². The summed E-state index contributed by atoms with van der Waals surface area (Å²) in [6.45, 7) is 7.17. The van der Waals surface area contributed by atoms with Crippen molar-refractivity contribution in [2.45, 2.75) is 57.3 Å². The zero-order valence-electron chi connectivity index (χ0n) is 22.4. The number of anilines is 3. The fourth-order valence-corrected chi connectivity index (χ4v) is 5.81. The number of morpholine rings is 1. The Bertz CT molecular complexity index is 1200. The zero-order chi connectivity index (χ0) is 27.8. The molecule has 2 amide bonds. The van der Waals surface area contributed by atoms with Crippen LogP contribution >= 0.6 is 0 Å². The van der Waals surface area contributed by atoms with Gasteiger partial charge in [-0.2, -0.15) is 13.2 Å².